The van der Waals surface area contributed by atoms with Gasteiger partial charge in [-0.05, 0) is 44.8 Å². The molecule has 0 aliphatic carbocycles. The average Bonchev–Trinajstić information content (AvgIpc) is 3.14. The second-order valence-corrected chi connectivity index (χ2v) is 8.17. The molecule has 3 aromatic rings. The molecule has 0 saturated carbocycles. The Morgan fingerprint density at radius 3 is 2.56 bits per heavy atom. The van der Waals surface area contributed by atoms with Gasteiger partial charge in [-0.25, -0.2) is 9.97 Å². The van der Waals surface area contributed by atoms with E-state index in [0.29, 0.717) is 6.92 Å². The normalized spacial score (nSPS) is 16.2. The number of rotatable bonds is 5. The average molecular weight is 454 g/mol. The maximum atomic E-state index is 13.5. The fourth-order valence-corrected chi connectivity index (χ4v) is 2.93. The van der Waals surface area contributed by atoms with Gasteiger partial charge >= 0.3 is 6.18 Å². The summed E-state index contributed by atoms with van der Waals surface area (Å²) < 4.78 is 65.1. The van der Waals surface area contributed by atoms with Crippen molar-refractivity contribution in [3.05, 3.63) is 47.4 Å². The number of carbonyl (C=O) groups excluding carboxylic acids is 1. The van der Waals surface area contributed by atoms with Crippen LogP contribution in [0.5, 0.6) is 0 Å². The van der Waals surface area contributed by atoms with E-state index in [1.807, 2.05) is 0 Å². The van der Waals surface area contributed by atoms with Crippen LogP contribution in [-0.4, -0.2) is 48.8 Å². The first-order valence-electron chi connectivity index (χ1n) is 10.9. The first-order valence-corrected chi connectivity index (χ1v) is 9.41. The van der Waals surface area contributed by atoms with E-state index in [-0.39, 0.29) is 40.5 Å². The Hall–Kier alpha value is -3.18. The van der Waals surface area contributed by atoms with E-state index in [1.165, 1.54) is 30.6 Å². The number of fused-ring (bicyclic) bond motifs is 1. The Morgan fingerprint density at radius 2 is 1.97 bits per heavy atom. The molecule has 0 radical (unpaired) electrons. The topological polar surface area (TPSA) is 126 Å². The molecule has 0 fully saturated rings. The molecule has 3 rings (SSSR count). The van der Waals surface area contributed by atoms with E-state index in [1.54, 1.807) is 0 Å². The lowest BCUT2D eigenvalue weighted by molar-refractivity contribution is -0.258. The monoisotopic (exact) mass is 454 g/mol. The molecule has 1 atom stereocenters. The number of hydrogen-bond acceptors (Lipinski definition) is 6. The van der Waals surface area contributed by atoms with Crippen LogP contribution in [0.15, 0.2) is 30.6 Å². The van der Waals surface area contributed by atoms with Gasteiger partial charge in [0, 0.05) is 22.4 Å². The Bertz CT molecular complexity index is 1280. The number of aliphatic hydroxyl groups is 2. The van der Waals surface area contributed by atoms with Crippen LogP contribution in [-0.2, 0) is 5.60 Å². The minimum Gasteiger partial charge on any atom is -0.389 e. The second kappa shape index (κ2) is 7.75. The third-order valence-corrected chi connectivity index (χ3v) is 4.84. The van der Waals surface area contributed by atoms with Crippen LogP contribution in [0.25, 0.3) is 16.9 Å². The zero-order valence-corrected chi connectivity index (χ0v) is 17.4. The molecule has 1 amide bonds. The zero-order chi connectivity index (χ0) is 26.6. The van der Waals surface area contributed by atoms with Crippen LogP contribution in [0, 0.1) is 6.85 Å². The molecule has 32 heavy (non-hydrogen) atoms. The van der Waals surface area contributed by atoms with Crippen molar-refractivity contribution in [3.63, 3.8) is 0 Å². The van der Waals surface area contributed by atoms with E-state index in [0.717, 1.165) is 18.2 Å². The van der Waals surface area contributed by atoms with Gasteiger partial charge < -0.3 is 21.3 Å². The molecule has 0 saturated heterocycles. The van der Waals surface area contributed by atoms with Crippen LogP contribution in [0.3, 0.4) is 0 Å². The van der Waals surface area contributed by atoms with Crippen molar-refractivity contribution in [3.8, 4) is 11.3 Å². The summed E-state index contributed by atoms with van der Waals surface area (Å²) in [5.74, 6) is -0.897. The number of aryl methyl sites for hydroxylation is 1. The minimum absolute atomic E-state index is 0.0107. The lowest BCUT2D eigenvalue weighted by atomic mass is 9.91. The molecule has 8 nitrogen and oxygen atoms in total. The number of nitrogens with zero attached hydrogens (tertiary/aromatic N) is 3. The smallest absolute Gasteiger partial charge is 0.389 e. The molecular formula is C21H24F3N5O3. The summed E-state index contributed by atoms with van der Waals surface area (Å²) in [6.45, 7) is 0.674. The van der Waals surface area contributed by atoms with Gasteiger partial charge in [0.25, 0.3) is 5.91 Å². The third-order valence-electron chi connectivity index (χ3n) is 4.84. The van der Waals surface area contributed by atoms with Crippen molar-refractivity contribution in [1.29, 1.82) is 0 Å². The SMILES string of the molecule is [2H]C([2H])([2H])c1ccc(C(C)(O)C(F)(F)F)cc1-c1cnc2c(N)nc(C(=O)NCC(C)(C)O)cn12. The Kier molecular flexibility index (Phi) is 4.72. The predicted molar refractivity (Wildman–Crippen MR) is 112 cm³/mol. The Morgan fingerprint density at radius 1 is 1.28 bits per heavy atom. The summed E-state index contributed by atoms with van der Waals surface area (Å²) in [6, 6.07) is 2.80. The molecule has 0 aliphatic heterocycles. The predicted octanol–water partition coefficient (Wildman–Crippen LogP) is 2.56. The van der Waals surface area contributed by atoms with Gasteiger partial charge in [0.1, 0.15) is 5.69 Å². The third kappa shape index (κ3) is 4.39. The number of halogens is 3. The van der Waals surface area contributed by atoms with Gasteiger partial charge in [0.15, 0.2) is 17.1 Å². The maximum Gasteiger partial charge on any atom is 0.421 e. The van der Waals surface area contributed by atoms with Gasteiger partial charge in [0.2, 0.25) is 0 Å². The van der Waals surface area contributed by atoms with E-state index in [2.05, 4.69) is 15.3 Å². The van der Waals surface area contributed by atoms with E-state index in [9.17, 15) is 28.2 Å². The highest BCUT2D eigenvalue weighted by Crippen LogP contribution is 2.40. The van der Waals surface area contributed by atoms with Gasteiger partial charge in [-0.15, -0.1) is 0 Å². The summed E-state index contributed by atoms with van der Waals surface area (Å²) in [6.07, 6.45) is -2.65. The summed E-state index contributed by atoms with van der Waals surface area (Å²) in [5, 5.41) is 22.4. The lowest BCUT2D eigenvalue weighted by Gasteiger charge is -2.27. The summed E-state index contributed by atoms with van der Waals surface area (Å²) in [5.41, 5.74) is 0.223. The molecule has 5 N–H and O–H groups in total. The number of imidazole rings is 1. The highest BCUT2D eigenvalue weighted by Gasteiger charge is 2.51. The zero-order valence-electron chi connectivity index (χ0n) is 20.4. The van der Waals surface area contributed by atoms with Crippen LogP contribution in [0.4, 0.5) is 19.0 Å². The number of hydrogen-bond donors (Lipinski definition) is 4. The quantitative estimate of drug-likeness (QED) is 0.470. The second-order valence-electron chi connectivity index (χ2n) is 8.17. The van der Waals surface area contributed by atoms with Crippen molar-refractivity contribution in [2.75, 3.05) is 12.3 Å². The number of benzene rings is 1. The fourth-order valence-electron chi connectivity index (χ4n) is 2.93. The van der Waals surface area contributed by atoms with Crippen LogP contribution < -0.4 is 11.1 Å². The summed E-state index contributed by atoms with van der Waals surface area (Å²) in [7, 11) is 0. The van der Waals surface area contributed by atoms with E-state index in [4.69, 9.17) is 9.85 Å². The molecular weight excluding hydrogens is 427 g/mol. The minimum atomic E-state index is -5.04. The summed E-state index contributed by atoms with van der Waals surface area (Å²) in [4.78, 5) is 20.6. The van der Waals surface area contributed by atoms with Crippen molar-refractivity contribution in [2.24, 2.45) is 0 Å². The summed E-state index contributed by atoms with van der Waals surface area (Å²) >= 11 is 0. The van der Waals surface area contributed by atoms with Crippen LogP contribution >= 0.6 is 0 Å². The molecule has 2 heterocycles. The highest BCUT2D eigenvalue weighted by atomic mass is 19.4. The van der Waals surface area contributed by atoms with E-state index < -0.39 is 35.7 Å². The van der Waals surface area contributed by atoms with Gasteiger partial charge in [-0.2, -0.15) is 13.2 Å². The highest BCUT2D eigenvalue weighted by molar-refractivity contribution is 5.93. The molecule has 1 aromatic carbocycles. The van der Waals surface area contributed by atoms with Crippen LogP contribution in [0.2, 0.25) is 0 Å². The van der Waals surface area contributed by atoms with Crippen molar-refractivity contribution < 1.29 is 32.3 Å². The molecule has 172 valence electrons. The molecule has 0 bridgehead atoms. The molecule has 0 spiro atoms. The number of anilines is 1. The number of nitrogen functional groups attached to an aromatic ring is 1. The number of aromatic nitrogens is 3. The fraction of sp³-hybridized carbons (Fsp3) is 0.381. The Balaban J connectivity index is 2.23. The number of alkyl halides is 3. The number of carbonyl (C=O) groups is 1. The molecule has 2 aromatic heterocycles. The first kappa shape index (κ1) is 19.5. The molecule has 11 heteroatoms. The lowest BCUT2D eigenvalue weighted by Crippen LogP contribution is -2.39. The van der Waals surface area contributed by atoms with Crippen LogP contribution in [0.1, 0.15) is 46.5 Å². The molecule has 1 unspecified atom stereocenters. The largest absolute Gasteiger partial charge is 0.421 e. The van der Waals surface area contributed by atoms with Crippen molar-refractivity contribution in [2.45, 2.75) is 45.0 Å². The number of amides is 1. The van der Waals surface area contributed by atoms with Crippen molar-refractivity contribution >= 4 is 17.4 Å². The first-order chi connectivity index (χ1) is 15.8. The van der Waals surface area contributed by atoms with Crippen molar-refractivity contribution in [1.82, 2.24) is 19.7 Å². The van der Waals surface area contributed by atoms with Gasteiger partial charge in [-0.1, -0.05) is 12.1 Å². The van der Waals surface area contributed by atoms with E-state index >= 15 is 0 Å². The maximum absolute atomic E-state index is 13.5. The number of nitrogens with one attached hydrogen (secondary N) is 1. The van der Waals surface area contributed by atoms with Gasteiger partial charge in [-0.3, -0.25) is 9.20 Å². The Labute approximate surface area is 186 Å². The molecule has 0 aliphatic rings. The van der Waals surface area contributed by atoms with Gasteiger partial charge in [0.05, 0.1) is 17.5 Å². The standard InChI is InChI=1S/C21H24F3N5O3/c1-11-5-6-12(20(4,32)21(22,23)24)7-13(11)15-8-26-17-16(25)28-14(9-29(15)17)18(30)27-10-19(2,3)31/h5-9,31-32H,10H2,1-4H3,(H2,25,28)(H,27,30)/i1D3. The number of nitrogens with two attached hydrogens (primary N) is 1.